The third kappa shape index (κ3) is 4.42. The van der Waals surface area contributed by atoms with Crippen molar-refractivity contribution in [3.8, 4) is 11.5 Å². The summed E-state index contributed by atoms with van der Waals surface area (Å²) < 4.78 is 15.8. The molecule has 138 valence electrons. The Balaban J connectivity index is 2.07. The minimum atomic E-state index is -0.292. The van der Waals surface area contributed by atoms with Gasteiger partial charge in [-0.3, -0.25) is 9.59 Å². The van der Waals surface area contributed by atoms with E-state index in [1.54, 1.807) is 45.4 Å². The molecule has 0 bridgehead atoms. The third-order valence-corrected chi connectivity index (χ3v) is 4.64. The molecule has 0 aromatic heterocycles. The number of carbonyl (C=O) groups is 2. The van der Waals surface area contributed by atoms with Crippen LogP contribution in [0.4, 0.5) is 0 Å². The first-order valence-corrected chi connectivity index (χ1v) is 8.25. The summed E-state index contributed by atoms with van der Waals surface area (Å²) in [5.74, 6) is 1.04. The molecule has 1 N–H and O–H groups in total. The highest BCUT2D eigenvalue weighted by Crippen LogP contribution is 2.26. The fourth-order valence-corrected chi connectivity index (χ4v) is 3.14. The van der Waals surface area contributed by atoms with E-state index in [-0.39, 0.29) is 23.8 Å². The van der Waals surface area contributed by atoms with Gasteiger partial charge in [0.05, 0.1) is 32.8 Å². The van der Waals surface area contributed by atoms with Gasteiger partial charge in [-0.15, -0.1) is 0 Å². The van der Waals surface area contributed by atoms with E-state index in [2.05, 4.69) is 5.32 Å². The van der Waals surface area contributed by atoms with Gasteiger partial charge in [-0.2, -0.15) is 0 Å². The van der Waals surface area contributed by atoms with E-state index >= 15 is 0 Å². The summed E-state index contributed by atoms with van der Waals surface area (Å²) in [5.41, 5.74) is 0.832. The van der Waals surface area contributed by atoms with Crippen molar-refractivity contribution in [2.45, 2.75) is 25.4 Å². The second-order valence-corrected chi connectivity index (χ2v) is 6.07. The normalized spacial score (nSPS) is 20.3. The molecule has 0 saturated carbocycles. The maximum atomic E-state index is 12.7. The number of nitrogens with one attached hydrogen (secondary N) is 1. The van der Waals surface area contributed by atoms with Crippen LogP contribution in [0.15, 0.2) is 18.2 Å². The number of benzene rings is 1. The molecule has 1 aliphatic rings. The van der Waals surface area contributed by atoms with Crippen LogP contribution in [-0.2, 0) is 20.9 Å². The fourth-order valence-electron chi connectivity index (χ4n) is 3.14. The molecule has 1 heterocycles. The molecule has 0 aliphatic carbocycles. The molecule has 1 saturated heterocycles. The Morgan fingerprint density at radius 2 is 2.04 bits per heavy atom. The zero-order valence-electron chi connectivity index (χ0n) is 15.2. The van der Waals surface area contributed by atoms with Crippen LogP contribution in [0.5, 0.6) is 11.5 Å². The Bertz CT molecular complexity index is 619. The molecule has 1 aromatic carbocycles. The van der Waals surface area contributed by atoms with Gasteiger partial charge in [0, 0.05) is 32.7 Å². The van der Waals surface area contributed by atoms with Gasteiger partial charge in [-0.1, -0.05) is 0 Å². The van der Waals surface area contributed by atoms with Crippen molar-refractivity contribution in [2.75, 3.05) is 35.0 Å². The summed E-state index contributed by atoms with van der Waals surface area (Å²) in [4.78, 5) is 26.2. The van der Waals surface area contributed by atoms with Gasteiger partial charge >= 0.3 is 0 Å². The van der Waals surface area contributed by atoms with Gasteiger partial charge in [0.2, 0.25) is 11.8 Å². The minimum Gasteiger partial charge on any atom is -0.497 e. The first kappa shape index (κ1) is 19.1. The van der Waals surface area contributed by atoms with Crippen molar-refractivity contribution in [1.29, 1.82) is 0 Å². The van der Waals surface area contributed by atoms with Gasteiger partial charge in [-0.25, -0.2) is 0 Å². The quantitative estimate of drug-likeness (QED) is 0.800. The maximum Gasteiger partial charge on any atom is 0.225 e. The van der Waals surface area contributed by atoms with E-state index in [0.29, 0.717) is 37.5 Å². The molecule has 0 radical (unpaired) electrons. The van der Waals surface area contributed by atoms with Crippen molar-refractivity contribution in [2.24, 2.45) is 5.92 Å². The van der Waals surface area contributed by atoms with Crippen molar-refractivity contribution in [1.82, 2.24) is 10.2 Å². The van der Waals surface area contributed by atoms with E-state index in [9.17, 15) is 9.59 Å². The summed E-state index contributed by atoms with van der Waals surface area (Å²) in [5, 5.41) is 2.95. The van der Waals surface area contributed by atoms with E-state index in [0.717, 1.165) is 5.56 Å². The summed E-state index contributed by atoms with van der Waals surface area (Å²) in [6.07, 6.45) is 0.898. The molecule has 2 rings (SSSR count). The number of likely N-dealkylation sites (tertiary alicyclic amines) is 1. The lowest BCUT2D eigenvalue weighted by Crippen LogP contribution is -2.53. The summed E-state index contributed by atoms with van der Waals surface area (Å²) in [6.45, 7) is 0.663. The SMILES string of the molecule is COC[C@@H]1[C@H](C(=O)NCc2cc(OC)ccc2OC)CCC(=O)N1C. The van der Waals surface area contributed by atoms with Crippen LogP contribution in [0.1, 0.15) is 18.4 Å². The van der Waals surface area contributed by atoms with Crippen molar-refractivity contribution < 1.29 is 23.8 Å². The van der Waals surface area contributed by atoms with Gasteiger partial charge in [0.25, 0.3) is 0 Å². The molecule has 7 heteroatoms. The van der Waals surface area contributed by atoms with Gasteiger partial charge in [-0.05, 0) is 24.6 Å². The van der Waals surface area contributed by atoms with Crippen LogP contribution in [0.3, 0.4) is 0 Å². The number of hydrogen-bond acceptors (Lipinski definition) is 5. The zero-order valence-corrected chi connectivity index (χ0v) is 15.2. The van der Waals surface area contributed by atoms with Gasteiger partial charge in [0.15, 0.2) is 0 Å². The second-order valence-electron chi connectivity index (χ2n) is 6.07. The number of carbonyl (C=O) groups excluding carboxylic acids is 2. The average molecular weight is 350 g/mol. The van der Waals surface area contributed by atoms with Crippen molar-refractivity contribution in [3.05, 3.63) is 23.8 Å². The average Bonchev–Trinajstić information content (AvgIpc) is 2.63. The largest absolute Gasteiger partial charge is 0.497 e. The molecule has 0 unspecified atom stereocenters. The Morgan fingerprint density at radius 3 is 2.68 bits per heavy atom. The molecule has 1 aromatic rings. The Morgan fingerprint density at radius 1 is 1.28 bits per heavy atom. The minimum absolute atomic E-state index is 0.0422. The van der Waals surface area contributed by atoms with E-state index in [1.165, 1.54) is 0 Å². The lowest BCUT2D eigenvalue weighted by atomic mass is 9.88. The number of rotatable bonds is 7. The number of amides is 2. The number of nitrogens with zero attached hydrogens (tertiary/aromatic N) is 1. The Kier molecular flexibility index (Phi) is 6.64. The highest BCUT2D eigenvalue weighted by molar-refractivity contribution is 5.84. The molecule has 1 fully saturated rings. The fraction of sp³-hybridized carbons (Fsp3) is 0.556. The molecular formula is C18H26N2O5. The van der Waals surface area contributed by atoms with Crippen LogP contribution < -0.4 is 14.8 Å². The second kappa shape index (κ2) is 8.71. The third-order valence-electron chi connectivity index (χ3n) is 4.64. The predicted molar refractivity (Wildman–Crippen MR) is 92.6 cm³/mol. The molecule has 7 nitrogen and oxygen atoms in total. The highest BCUT2D eigenvalue weighted by Gasteiger charge is 2.37. The standard InChI is InChI=1S/C18H26N2O5/c1-20-15(11-23-2)14(6-8-17(20)21)18(22)19-10-12-9-13(24-3)5-7-16(12)25-4/h5,7,9,14-15H,6,8,10-11H2,1-4H3,(H,19,22)/t14-,15-/m1/s1. The first-order valence-electron chi connectivity index (χ1n) is 8.25. The number of hydrogen-bond donors (Lipinski definition) is 1. The molecule has 2 amide bonds. The van der Waals surface area contributed by atoms with E-state index in [1.807, 2.05) is 6.07 Å². The zero-order chi connectivity index (χ0) is 18.4. The molecule has 25 heavy (non-hydrogen) atoms. The lowest BCUT2D eigenvalue weighted by molar-refractivity contribution is -0.143. The molecule has 2 atom stereocenters. The maximum absolute atomic E-state index is 12.7. The Hall–Kier alpha value is -2.28. The number of likely N-dealkylation sites (N-methyl/N-ethyl adjacent to an activating group) is 1. The van der Waals surface area contributed by atoms with Crippen LogP contribution >= 0.6 is 0 Å². The lowest BCUT2D eigenvalue weighted by Gasteiger charge is -2.37. The molecule has 0 spiro atoms. The van der Waals surface area contributed by atoms with Crippen LogP contribution in [0.25, 0.3) is 0 Å². The number of methoxy groups -OCH3 is 3. The van der Waals surface area contributed by atoms with Crippen molar-refractivity contribution in [3.63, 3.8) is 0 Å². The summed E-state index contributed by atoms with van der Waals surface area (Å²) >= 11 is 0. The van der Waals surface area contributed by atoms with Gasteiger partial charge < -0.3 is 24.4 Å². The smallest absolute Gasteiger partial charge is 0.225 e. The predicted octanol–water partition coefficient (Wildman–Crippen LogP) is 1.20. The van der Waals surface area contributed by atoms with Crippen LogP contribution in [-0.4, -0.2) is 57.7 Å². The monoisotopic (exact) mass is 350 g/mol. The Labute approximate surface area is 148 Å². The molecule has 1 aliphatic heterocycles. The summed E-state index contributed by atoms with van der Waals surface area (Å²) in [7, 11) is 6.47. The molecular weight excluding hydrogens is 324 g/mol. The highest BCUT2D eigenvalue weighted by atomic mass is 16.5. The van der Waals surface area contributed by atoms with Crippen molar-refractivity contribution >= 4 is 11.8 Å². The van der Waals surface area contributed by atoms with Crippen LogP contribution in [0, 0.1) is 5.92 Å². The first-order chi connectivity index (χ1) is 12.0. The topological polar surface area (TPSA) is 77.1 Å². The van der Waals surface area contributed by atoms with Crippen LogP contribution in [0.2, 0.25) is 0 Å². The van der Waals surface area contributed by atoms with E-state index < -0.39 is 0 Å². The number of ether oxygens (including phenoxy) is 3. The number of piperidine rings is 1. The summed E-state index contributed by atoms with van der Waals surface area (Å²) in [6, 6.07) is 5.20. The van der Waals surface area contributed by atoms with Gasteiger partial charge in [0.1, 0.15) is 11.5 Å². The van der Waals surface area contributed by atoms with E-state index in [4.69, 9.17) is 14.2 Å².